The highest BCUT2D eigenvalue weighted by Crippen LogP contribution is 2.31. The Balaban J connectivity index is -0.000000167. The van der Waals surface area contributed by atoms with Gasteiger partial charge in [0, 0.05) is 39.3 Å². The summed E-state index contributed by atoms with van der Waals surface area (Å²) in [7, 11) is 6.46. The fourth-order valence-corrected chi connectivity index (χ4v) is 6.62. The first-order valence-corrected chi connectivity index (χ1v) is 28.1. The van der Waals surface area contributed by atoms with Crippen LogP contribution in [0.1, 0.15) is 205 Å². The standard InChI is InChI=1S/C9H12.C8H10.C6H14N2.C6H12.2C6H6.C5H11NO.2C5H10.C4H8.2C2H6.4CH4/c1-2-6-9-7-4-3-5-8-9;1-2-8-6-4-3-5-7-8;1-7-3-5-8(2)6-4-7;3*1-2-4-6-5-3-1;1-6-2-4-7-5-3-6;1-2-5-3-4-5;1-2-4-5-3-1;1-4-2-3-4;2*1-2;;;;/h3-5,7-8H,2,6H2,1H3;3-7H,2H2,1H3;3-6H2,1-2H3;1-6H2;2*1-6H;2-5H2,1H3;5H,2-4H2,1H3;1-5H2;4H,2-3H2,1H3;2*1-2H3;4*1H4. The molecule has 0 radical (unpaired) electrons. The molecule has 0 amide bonds. The fourth-order valence-electron chi connectivity index (χ4n) is 6.62. The Morgan fingerprint density at radius 1 is 0.389 bits per heavy atom. The minimum absolute atomic E-state index is 0. The van der Waals surface area contributed by atoms with E-state index in [1.165, 1.54) is 153 Å². The lowest BCUT2D eigenvalue weighted by molar-refractivity contribution is 0.0503. The fraction of sp³-hybridized carbons (Fsp3) is 0.647. The molecule has 420 valence electrons. The van der Waals surface area contributed by atoms with Gasteiger partial charge >= 0.3 is 0 Å². The number of ether oxygens (including phenoxy) is 1. The molecule has 0 spiro atoms. The van der Waals surface area contributed by atoms with Gasteiger partial charge in [-0.15, -0.1) is 0 Å². The molecule has 4 aliphatic carbocycles. The minimum Gasteiger partial charge on any atom is -0.379 e. The molecule has 4 saturated carbocycles. The predicted octanol–water partition coefficient (Wildman–Crippen LogP) is 20.2. The molecule has 6 fully saturated rings. The molecule has 4 heteroatoms. The lowest BCUT2D eigenvalue weighted by Gasteiger charge is -2.28. The summed E-state index contributed by atoms with van der Waals surface area (Å²) >= 11 is 0. The Bertz CT molecular complexity index is 1300. The van der Waals surface area contributed by atoms with Crippen molar-refractivity contribution in [2.75, 3.05) is 73.6 Å². The molecule has 4 aromatic carbocycles. The van der Waals surface area contributed by atoms with Crippen LogP contribution in [-0.4, -0.2) is 88.3 Å². The van der Waals surface area contributed by atoms with Gasteiger partial charge in [0.2, 0.25) is 0 Å². The van der Waals surface area contributed by atoms with E-state index >= 15 is 0 Å². The van der Waals surface area contributed by atoms with Gasteiger partial charge in [-0.1, -0.05) is 328 Å². The summed E-state index contributed by atoms with van der Waals surface area (Å²) in [6.45, 7) is 25.9. The van der Waals surface area contributed by atoms with Crippen molar-refractivity contribution in [3.8, 4) is 0 Å². The monoisotopic (exact) mass is 1000 g/mol. The Morgan fingerprint density at radius 3 is 0.806 bits per heavy atom. The summed E-state index contributed by atoms with van der Waals surface area (Å²) in [5, 5.41) is 0. The Hall–Kier alpha value is -3.28. The molecule has 4 aromatic rings. The molecule has 0 aromatic heterocycles. The molecule has 0 atom stereocenters. The maximum absolute atomic E-state index is 5.10. The number of hydrogen-bond donors (Lipinski definition) is 0. The second-order valence-corrected chi connectivity index (χ2v) is 18.3. The number of piperazine rings is 1. The predicted molar refractivity (Wildman–Crippen MR) is 334 cm³/mol. The third kappa shape index (κ3) is 64.7. The van der Waals surface area contributed by atoms with E-state index in [1.54, 1.807) is 0 Å². The van der Waals surface area contributed by atoms with Gasteiger partial charge in [0.05, 0.1) is 13.2 Å². The Labute approximate surface area is 454 Å². The quantitative estimate of drug-likeness (QED) is 0.203. The van der Waals surface area contributed by atoms with E-state index in [0.717, 1.165) is 44.6 Å². The lowest BCUT2D eigenvalue weighted by atomic mass is 10.0. The van der Waals surface area contributed by atoms with E-state index in [4.69, 9.17) is 4.74 Å². The highest BCUT2D eigenvalue weighted by molar-refractivity contribution is 5.15. The van der Waals surface area contributed by atoms with Crippen molar-refractivity contribution in [1.82, 2.24) is 14.7 Å². The normalized spacial score (nSPS) is 15.8. The van der Waals surface area contributed by atoms with Gasteiger partial charge in [0.15, 0.2) is 0 Å². The zero-order valence-electron chi connectivity index (χ0n) is 46.7. The van der Waals surface area contributed by atoms with Crippen molar-refractivity contribution in [1.29, 1.82) is 0 Å². The molecule has 0 bridgehead atoms. The van der Waals surface area contributed by atoms with Crippen LogP contribution in [0.5, 0.6) is 0 Å². The van der Waals surface area contributed by atoms with Crippen LogP contribution < -0.4 is 0 Å². The van der Waals surface area contributed by atoms with E-state index in [2.05, 4.69) is 118 Å². The van der Waals surface area contributed by atoms with Crippen molar-refractivity contribution < 1.29 is 4.74 Å². The largest absolute Gasteiger partial charge is 0.379 e. The lowest BCUT2D eigenvalue weighted by Crippen LogP contribution is -2.42. The maximum atomic E-state index is 5.10. The second-order valence-electron chi connectivity index (χ2n) is 18.3. The van der Waals surface area contributed by atoms with Crippen molar-refractivity contribution in [3.05, 3.63) is 145 Å². The maximum Gasteiger partial charge on any atom is 0.0594 e. The second kappa shape index (κ2) is 65.7. The number of hydrogen-bond acceptors (Lipinski definition) is 4. The molecule has 0 unspecified atom stereocenters. The van der Waals surface area contributed by atoms with Gasteiger partial charge in [-0.2, -0.15) is 0 Å². The van der Waals surface area contributed by atoms with Crippen LogP contribution in [0.2, 0.25) is 0 Å². The average Bonchev–Trinajstić information content (AvgIpc) is 4.37. The first-order valence-electron chi connectivity index (χ1n) is 28.1. The first-order chi connectivity index (χ1) is 33.4. The van der Waals surface area contributed by atoms with Crippen LogP contribution in [0.15, 0.2) is 133 Å². The van der Waals surface area contributed by atoms with Gasteiger partial charge in [-0.05, 0) is 56.9 Å². The van der Waals surface area contributed by atoms with Gasteiger partial charge in [-0.25, -0.2) is 0 Å². The summed E-state index contributed by atoms with van der Waals surface area (Å²) in [4.78, 5) is 6.99. The third-order valence-electron chi connectivity index (χ3n) is 11.8. The summed E-state index contributed by atoms with van der Waals surface area (Å²) in [6, 6.07) is 45.0. The minimum atomic E-state index is 0. The van der Waals surface area contributed by atoms with E-state index in [0.29, 0.717) is 0 Å². The molecule has 10 rings (SSSR count). The van der Waals surface area contributed by atoms with E-state index in [1.807, 2.05) is 107 Å². The van der Waals surface area contributed by atoms with Crippen LogP contribution in [0, 0.1) is 11.8 Å². The van der Waals surface area contributed by atoms with Crippen LogP contribution in [0.4, 0.5) is 0 Å². The number of aryl methyl sites for hydroxylation is 2. The van der Waals surface area contributed by atoms with Crippen molar-refractivity contribution in [2.45, 2.75) is 207 Å². The number of benzene rings is 4. The molecule has 2 aliphatic heterocycles. The van der Waals surface area contributed by atoms with Crippen LogP contribution >= 0.6 is 0 Å². The van der Waals surface area contributed by atoms with E-state index in [9.17, 15) is 0 Å². The van der Waals surface area contributed by atoms with Crippen LogP contribution in [0.3, 0.4) is 0 Å². The number of likely N-dealkylation sites (N-methyl/N-ethyl adjacent to an activating group) is 3. The van der Waals surface area contributed by atoms with E-state index in [-0.39, 0.29) is 29.7 Å². The first kappa shape index (κ1) is 80.1. The summed E-state index contributed by atoms with van der Waals surface area (Å²) in [5.74, 6) is 2.22. The number of morpholine rings is 1. The van der Waals surface area contributed by atoms with Crippen molar-refractivity contribution >= 4 is 0 Å². The topological polar surface area (TPSA) is 19.0 Å². The van der Waals surface area contributed by atoms with Crippen molar-refractivity contribution in [2.24, 2.45) is 11.8 Å². The van der Waals surface area contributed by atoms with Crippen LogP contribution in [-0.2, 0) is 17.6 Å². The summed E-state index contributed by atoms with van der Waals surface area (Å²) < 4.78 is 5.10. The van der Waals surface area contributed by atoms with Crippen molar-refractivity contribution in [3.63, 3.8) is 0 Å². The van der Waals surface area contributed by atoms with Gasteiger partial charge in [-0.3, -0.25) is 0 Å². The Kier molecular flexibility index (Phi) is 73.1. The number of rotatable bonds is 4. The summed E-state index contributed by atoms with van der Waals surface area (Å²) in [6.07, 6.45) is 27.5. The highest BCUT2D eigenvalue weighted by atomic mass is 16.5. The molecule has 0 N–H and O–H groups in total. The third-order valence-corrected chi connectivity index (χ3v) is 11.8. The zero-order valence-corrected chi connectivity index (χ0v) is 46.7. The number of nitrogens with zero attached hydrogens (tertiary/aromatic N) is 3. The van der Waals surface area contributed by atoms with Gasteiger partial charge < -0.3 is 19.4 Å². The summed E-state index contributed by atoms with van der Waals surface area (Å²) in [5.41, 5.74) is 2.85. The van der Waals surface area contributed by atoms with E-state index < -0.39 is 0 Å². The SMILES string of the molecule is C.C.C.C.C1CCCC1.C1CCCCC1.CC.CC.CC1CC1.CCC1CC1.CCCc1ccccc1.CCc1ccccc1.CN1CCN(C)CC1.CN1CCOCC1.c1ccccc1.c1ccccc1. The van der Waals surface area contributed by atoms with Gasteiger partial charge in [0.25, 0.3) is 0 Å². The molecular formula is C68H127N3O. The highest BCUT2D eigenvalue weighted by Gasteiger charge is 2.17. The molecule has 2 saturated heterocycles. The molecule has 2 heterocycles. The Morgan fingerprint density at radius 2 is 0.639 bits per heavy atom. The van der Waals surface area contributed by atoms with Crippen LogP contribution in [0.25, 0.3) is 0 Å². The molecule has 6 aliphatic rings. The molecule has 4 nitrogen and oxygen atoms in total. The molecular weight excluding hydrogens is 875 g/mol. The van der Waals surface area contributed by atoms with Gasteiger partial charge in [0.1, 0.15) is 0 Å². The average molecular weight is 1000 g/mol. The smallest absolute Gasteiger partial charge is 0.0594 e. The zero-order chi connectivity index (χ0) is 50.4. The molecule has 72 heavy (non-hydrogen) atoms.